The first kappa shape index (κ1) is 24.3. The number of fused-ring (bicyclic) bond motifs is 3. The van der Waals surface area contributed by atoms with Crippen LogP contribution in [0.1, 0.15) is 76.7 Å². The highest BCUT2D eigenvalue weighted by molar-refractivity contribution is 5.76. The molecule has 3 aliphatic rings. The van der Waals surface area contributed by atoms with E-state index < -0.39 is 5.97 Å². The maximum atomic E-state index is 13.7. The van der Waals surface area contributed by atoms with E-state index in [1.54, 1.807) is 0 Å². The van der Waals surface area contributed by atoms with Crippen LogP contribution in [0.5, 0.6) is 0 Å². The summed E-state index contributed by atoms with van der Waals surface area (Å²) >= 11 is 0. The number of piperidine rings is 1. The molecule has 2 unspecified atom stereocenters. The van der Waals surface area contributed by atoms with E-state index >= 15 is 0 Å². The standard InChI is InChI=1S/C27H39N5O3/c33-25(34)18-28-14-15-29-26-27(35)32(24-11-7-6-10-23(24)30-26)22-16-20-12-13-21(17-22)31(20)19-8-4-2-1-3-5-9-19/h6-7,10-11,19-22,28H,1-5,8-9,12-18H2,(H,29,30)(H,33,34). The minimum Gasteiger partial charge on any atom is -0.480 e. The molecule has 190 valence electrons. The van der Waals surface area contributed by atoms with Gasteiger partial charge in [-0.15, -0.1) is 0 Å². The average Bonchev–Trinajstić information content (AvgIpc) is 3.08. The first-order valence-corrected chi connectivity index (χ1v) is 13.6. The summed E-state index contributed by atoms with van der Waals surface area (Å²) in [5, 5.41) is 14.8. The fourth-order valence-corrected chi connectivity index (χ4v) is 6.82. The molecule has 2 saturated heterocycles. The Hall–Kier alpha value is -2.45. The van der Waals surface area contributed by atoms with Crippen molar-refractivity contribution in [2.45, 2.75) is 94.8 Å². The number of nitrogens with zero attached hydrogens (tertiary/aromatic N) is 3. The highest BCUT2D eigenvalue weighted by atomic mass is 16.4. The van der Waals surface area contributed by atoms with Crippen LogP contribution in [0.2, 0.25) is 0 Å². The van der Waals surface area contributed by atoms with E-state index in [1.165, 1.54) is 57.8 Å². The van der Waals surface area contributed by atoms with E-state index in [0.717, 1.165) is 29.9 Å². The van der Waals surface area contributed by atoms with Crippen LogP contribution in [0, 0.1) is 0 Å². The van der Waals surface area contributed by atoms with Gasteiger partial charge in [0, 0.05) is 37.3 Å². The van der Waals surface area contributed by atoms with Crippen molar-refractivity contribution in [3.8, 4) is 0 Å². The predicted octanol–water partition coefficient (Wildman–Crippen LogP) is 3.76. The summed E-state index contributed by atoms with van der Waals surface area (Å²) in [6.07, 6.45) is 14.1. The second kappa shape index (κ2) is 11.1. The summed E-state index contributed by atoms with van der Waals surface area (Å²) in [7, 11) is 0. The van der Waals surface area contributed by atoms with Crippen LogP contribution in [0.3, 0.4) is 0 Å². The van der Waals surface area contributed by atoms with Crippen molar-refractivity contribution in [2.24, 2.45) is 0 Å². The lowest BCUT2D eigenvalue weighted by atomic mass is 9.89. The predicted molar refractivity (Wildman–Crippen MR) is 138 cm³/mol. The fraction of sp³-hybridized carbons (Fsp3) is 0.667. The second-order valence-electron chi connectivity index (χ2n) is 10.6. The highest BCUT2D eigenvalue weighted by Gasteiger charge is 2.44. The zero-order valence-corrected chi connectivity index (χ0v) is 20.6. The Kier molecular flexibility index (Phi) is 7.68. The lowest BCUT2D eigenvalue weighted by molar-refractivity contribution is -0.135. The molecule has 5 rings (SSSR count). The molecule has 3 heterocycles. The van der Waals surface area contributed by atoms with Gasteiger partial charge in [-0.25, -0.2) is 4.98 Å². The molecule has 2 atom stereocenters. The van der Waals surface area contributed by atoms with Gasteiger partial charge in [0.2, 0.25) is 0 Å². The molecule has 1 saturated carbocycles. The zero-order valence-electron chi connectivity index (χ0n) is 20.6. The molecular formula is C27H39N5O3. The van der Waals surface area contributed by atoms with E-state index in [-0.39, 0.29) is 18.1 Å². The van der Waals surface area contributed by atoms with Crippen LogP contribution >= 0.6 is 0 Å². The lowest BCUT2D eigenvalue weighted by Gasteiger charge is -2.45. The Balaban J connectivity index is 1.36. The highest BCUT2D eigenvalue weighted by Crippen LogP contribution is 2.44. The number of carbonyl (C=O) groups is 1. The molecule has 1 aromatic carbocycles. The number of aliphatic carboxylic acids is 1. The quantitative estimate of drug-likeness (QED) is 0.494. The Morgan fingerprint density at radius 3 is 2.31 bits per heavy atom. The molecule has 8 nitrogen and oxygen atoms in total. The van der Waals surface area contributed by atoms with Gasteiger partial charge in [-0.3, -0.25) is 14.5 Å². The van der Waals surface area contributed by atoms with Gasteiger partial charge in [-0.05, 0) is 50.7 Å². The van der Waals surface area contributed by atoms with Gasteiger partial charge in [-0.2, -0.15) is 0 Å². The Morgan fingerprint density at radius 1 is 0.914 bits per heavy atom. The van der Waals surface area contributed by atoms with E-state index in [9.17, 15) is 9.59 Å². The third-order valence-electron chi connectivity index (χ3n) is 8.29. The molecule has 35 heavy (non-hydrogen) atoms. The number of carboxylic acids is 1. The molecule has 2 aromatic rings. The molecule has 1 aliphatic carbocycles. The SMILES string of the molecule is O=C(O)CNCCNc1nc2ccccc2n(C2CC3CCC(C2)N3C2CCCCCCC2)c1=O. The molecule has 3 N–H and O–H groups in total. The monoisotopic (exact) mass is 481 g/mol. The van der Waals surface area contributed by atoms with Gasteiger partial charge in [0.05, 0.1) is 17.6 Å². The van der Waals surface area contributed by atoms with Gasteiger partial charge >= 0.3 is 5.97 Å². The van der Waals surface area contributed by atoms with Crippen molar-refractivity contribution in [3.05, 3.63) is 34.6 Å². The molecule has 0 spiro atoms. The van der Waals surface area contributed by atoms with Crippen molar-refractivity contribution in [3.63, 3.8) is 0 Å². The van der Waals surface area contributed by atoms with E-state index in [0.29, 0.717) is 31.0 Å². The number of para-hydroxylation sites is 2. The molecule has 1 aromatic heterocycles. The van der Waals surface area contributed by atoms with Crippen LogP contribution in [0.15, 0.2) is 29.1 Å². The third-order valence-corrected chi connectivity index (χ3v) is 8.29. The van der Waals surface area contributed by atoms with E-state index in [4.69, 9.17) is 5.11 Å². The molecule has 2 aliphatic heterocycles. The van der Waals surface area contributed by atoms with Crippen LogP contribution in [-0.4, -0.2) is 63.3 Å². The Morgan fingerprint density at radius 2 is 1.60 bits per heavy atom. The number of rotatable bonds is 8. The normalized spacial score (nSPS) is 25.9. The lowest BCUT2D eigenvalue weighted by Crippen LogP contribution is -2.50. The summed E-state index contributed by atoms with van der Waals surface area (Å²) in [6, 6.07) is 9.98. The minimum absolute atomic E-state index is 0.0641. The summed E-state index contributed by atoms with van der Waals surface area (Å²) in [5.74, 6) is -0.535. The van der Waals surface area contributed by atoms with E-state index in [1.807, 2.05) is 28.8 Å². The van der Waals surface area contributed by atoms with Gasteiger partial charge in [0.15, 0.2) is 5.82 Å². The number of hydrogen-bond donors (Lipinski definition) is 3. The molecular weight excluding hydrogens is 442 g/mol. The van der Waals surface area contributed by atoms with Crippen molar-refractivity contribution < 1.29 is 9.90 Å². The first-order chi connectivity index (χ1) is 17.1. The van der Waals surface area contributed by atoms with Gasteiger partial charge in [0.1, 0.15) is 0 Å². The number of nitrogens with one attached hydrogen (secondary N) is 2. The van der Waals surface area contributed by atoms with Crippen molar-refractivity contribution in [1.82, 2.24) is 19.8 Å². The maximum Gasteiger partial charge on any atom is 0.317 e. The fourth-order valence-electron chi connectivity index (χ4n) is 6.82. The average molecular weight is 482 g/mol. The number of carboxylic acid groups (broad SMARTS) is 1. The summed E-state index contributed by atoms with van der Waals surface area (Å²) < 4.78 is 2.01. The topological polar surface area (TPSA) is 99.5 Å². The van der Waals surface area contributed by atoms with Crippen molar-refractivity contribution in [2.75, 3.05) is 25.0 Å². The van der Waals surface area contributed by atoms with Gasteiger partial charge < -0.3 is 20.3 Å². The number of benzene rings is 1. The minimum atomic E-state index is -0.892. The van der Waals surface area contributed by atoms with Crippen molar-refractivity contribution >= 4 is 22.8 Å². The number of anilines is 1. The van der Waals surface area contributed by atoms with Crippen LogP contribution in [-0.2, 0) is 4.79 Å². The number of hydrogen-bond acceptors (Lipinski definition) is 6. The summed E-state index contributed by atoms with van der Waals surface area (Å²) in [4.78, 5) is 31.9. The van der Waals surface area contributed by atoms with Crippen LogP contribution in [0.4, 0.5) is 5.82 Å². The van der Waals surface area contributed by atoms with Crippen molar-refractivity contribution in [1.29, 1.82) is 0 Å². The Labute approximate surface area is 207 Å². The first-order valence-electron chi connectivity index (χ1n) is 13.6. The van der Waals surface area contributed by atoms with Crippen LogP contribution < -0.4 is 16.2 Å². The second-order valence-corrected chi connectivity index (χ2v) is 10.6. The zero-order chi connectivity index (χ0) is 24.2. The van der Waals surface area contributed by atoms with Gasteiger partial charge in [-0.1, -0.05) is 44.2 Å². The Bertz CT molecular complexity index is 1060. The molecule has 3 fully saturated rings. The van der Waals surface area contributed by atoms with E-state index in [2.05, 4.69) is 20.5 Å². The molecule has 2 bridgehead atoms. The summed E-state index contributed by atoms with van der Waals surface area (Å²) in [6.45, 7) is 0.794. The molecule has 0 amide bonds. The smallest absolute Gasteiger partial charge is 0.317 e. The maximum absolute atomic E-state index is 13.7. The molecule has 0 radical (unpaired) electrons. The molecule has 8 heteroatoms. The third kappa shape index (κ3) is 5.38. The number of aromatic nitrogens is 2. The largest absolute Gasteiger partial charge is 0.480 e. The summed E-state index contributed by atoms with van der Waals surface area (Å²) in [5.41, 5.74) is 1.67. The van der Waals surface area contributed by atoms with Crippen LogP contribution in [0.25, 0.3) is 11.0 Å². The van der Waals surface area contributed by atoms with Gasteiger partial charge in [0.25, 0.3) is 5.56 Å².